The third-order valence-electron chi connectivity index (χ3n) is 5.25. The molecule has 1 atom stereocenters. The predicted octanol–water partition coefficient (Wildman–Crippen LogP) is 3.30. The van der Waals surface area contributed by atoms with E-state index in [0.717, 1.165) is 10.5 Å². The van der Waals surface area contributed by atoms with Gasteiger partial charge in [-0.25, -0.2) is 4.99 Å². The third-order valence-corrected chi connectivity index (χ3v) is 5.25. The number of nitrogens with one attached hydrogen (secondary N) is 1. The Morgan fingerprint density at radius 3 is 2.23 bits per heavy atom. The zero-order valence-electron chi connectivity index (χ0n) is 16.0. The highest BCUT2D eigenvalue weighted by molar-refractivity contribution is 6.16. The van der Waals surface area contributed by atoms with Gasteiger partial charge in [-0.15, -0.1) is 0 Å². The maximum atomic E-state index is 14.2. The molecule has 0 radical (unpaired) electrons. The highest BCUT2D eigenvalue weighted by Crippen LogP contribution is 2.40. The Kier molecular flexibility index (Phi) is 5.09. The summed E-state index contributed by atoms with van der Waals surface area (Å²) in [5.41, 5.74) is -2.04. The van der Waals surface area contributed by atoms with Crippen LogP contribution in [0.2, 0.25) is 0 Å². The summed E-state index contributed by atoms with van der Waals surface area (Å²) in [5, 5.41) is 1.93. The molecule has 1 saturated carbocycles. The molecule has 30 heavy (non-hydrogen) atoms. The average Bonchev–Trinajstić information content (AvgIpc) is 3.54. The monoisotopic (exact) mass is 415 g/mol. The smallest absolute Gasteiger partial charge is 0.316 e. The number of amidine groups is 1. The molecule has 0 spiro atoms. The number of rotatable bonds is 6. The molecule has 2 aromatic carbocycles. The van der Waals surface area contributed by atoms with Crippen LogP contribution in [-0.2, 0) is 16.0 Å². The van der Waals surface area contributed by atoms with Crippen LogP contribution in [0, 0.1) is 5.92 Å². The first-order valence-corrected chi connectivity index (χ1v) is 9.72. The molecule has 156 valence electrons. The van der Waals surface area contributed by atoms with Crippen molar-refractivity contribution >= 4 is 17.6 Å². The fourth-order valence-electron chi connectivity index (χ4n) is 3.42. The molecule has 8 heteroatoms. The van der Waals surface area contributed by atoms with E-state index < -0.39 is 29.6 Å². The summed E-state index contributed by atoms with van der Waals surface area (Å²) in [6.07, 6.45) is -3.69. The minimum atomic E-state index is -5.07. The van der Waals surface area contributed by atoms with Crippen LogP contribution in [-0.4, -0.2) is 40.9 Å². The Bertz CT molecular complexity index is 972. The van der Waals surface area contributed by atoms with Gasteiger partial charge in [0.2, 0.25) is 5.91 Å². The quantitative estimate of drug-likeness (QED) is 0.787. The van der Waals surface area contributed by atoms with E-state index in [1.807, 2.05) is 35.6 Å². The van der Waals surface area contributed by atoms with E-state index in [1.54, 1.807) is 30.3 Å². The lowest BCUT2D eigenvalue weighted by molar-refractivity contribution is -0.200. The van der Waals surface area contributed by atoms with Crippen LogP contribution in [0.3, 0.4) is 0 Å². The lowest BCUT2D eigenvalue weighted by Gasteiger charge is -2.29. The fraction of sp³-hybridized carbons (Fsp3) is 0.318. The second-order valence-corrected chi connectivity index (χ2v) is 7.47. The number of hydrogen-bond acceptors (Lipinski definition) is 3. The molecule has 1 fully saturated rings. The predicted molar refractivity (Wildman–Crippen MR) is 104 cm³/mol. The second-order valence-electron chi connectivity index (χ2n) is 7.47. The molecule has 1 aliphatic heterocycles. The van der Waals surface area contributed by atoms with Gasteiger partial charge in [0.1, 0.15) is 5.84 Å². The van der Waals surface area contributed by atoms with Gasteiger partial charge in [-0.05, 0) is 24.8 Å². The van der Waals surface area contributed by atoms with Crippen LogP contribution in [0.4, 0.5) is 13.2 Å². The van der Waals surface area contributed by atoms with Crippen LogP contribution >= 0.6 is 0 Å². The van der Waals surface area contributed by atoms with Gasteiger partial charge >= 0.3 is 11.8 Å². The van der Waals surface area contributed by atoms with Gasteiger partial charge in [-0.3, -0.25) is 14.5 Å². The number of alkyl halides is 3. The standard InChI is InChI=1S/C22H20F3N3O2/c23-22(24,25)21(27-19(29)17-11-12-17)20(30)28(14-13-15-7-3-1-4-8-15)18(26-21)16-9-5-2-6-10-16/h1-10,17H,11-14H2,(H,27,29). The Hall–Kier alpha value is -3.16. The molecular weight excluding hydrogens is 395 g/mol. The molecule has 2 aliphatic rings. The van der Waals surface area contributed by atoms with Crippen molar-refractivity contribution in [2.45, 2.75) is 31.1 Å². The topological polar surface area (TPSA) is 61.8 Å². The molecule has 2 aromatic rings. The highest BCUT2D eigenvalue weighted by Gasteiger charge is 2.67. The van der Waals surface area contributed by atoms with Crippen LogP contribution in [0.15, 0.2) is 65.7 Å². The summed E-state index contributed by atoms with van der Waals surface area (Å²) in [5.74, 6) is -2.66. The third kappa shape index (κ3) is 3.69. The zero-order chi connectivity index (χ0) is 21.4. The van der Waals surface area contributed by atoms with Crippen LogP contribution in [0.25, 0.3) is 0 Å². The van der Waals surface area contributed by atoms with Crippen molar-refractivity contribution in [1.82, 2.24) is 10.2 Å². The number of nitrogens with zero attached hydrogens (tertiary/aromatic N) is 2. The molecule has 1 N–H and O–H groups in total. The molecule has 0 saturated heterocycles. The Morgan fingerprint density at radius 2 is 1.67 bits per heavy atom. The molecular formula is C22H20F3N3O2. The van der Waals surface area contributed by atoms with Gasteiger partial charge in [0, 0.05) is 18.0 Å². The Morgan fingerprint density at radius 1 is 1.07 bits per heavy atom. The number of carbonyl (C=O) groups is 2. The van der Waals surface area contributed by atoms with Crippen molar-refractivity contribution in [2.75, 3.05) is 6.54 Å². The first-order chi connectivity index (χ1) is 14.3. The van der Waals surface area contributed by atoms with Gasteiger partial charge in [0.05, 0.1) is 0 Å². The maximum Gasteiger partial charge on any atom is 0.442 e. The molecule has 0 bridgehead atoms. The minimum Gasteiger partial charge on any atom is -0.316 e. The van der Waals surface area contributed by atoms with Gasteiger partial charge in [-0.2, -0.15) is 13.2 Å². The molecule has 1 heterocycles. The first-order valence-electron chi connectivity index (χ1n) is 9.72. The van der Waals surface area contributed by atoms with Gasteiger partial charge in [-0.1, -0.05) is 60.7 Å². The van der Waals surface area contributed by atoms with E-state index in [1.165, 1.54) is 0 Å². The summed E-state index contributed by atoms with van der Waals surface area (Å²) in [7, 11) is 0. The van der Waals surface area contributed by atoms with Gasteiger partial charge < -0.3 is 5.32 Å². The normalized spacial score (nSPS) is 21.5. The van der Waals surface area contributed by atoms with E-state index >= 15 is 0 Å². The van der Waals surface area contributed by atoms with E-state index in [0.29, 0.717) is 24.8 Å². The lowest BCUT2D eigenvalue weighted by atomic mass is 10.1. The second kappa shape index (κ2) is 7.59. The molecule has 0 aromatic heterocycles. The van der Waals surface area contributed by atoms with E-state index in [9.17, 15) is 22.8 Å². The van der Waals surface area contributed by atoms with Crippen molar-refractivity contribution in [3.05, 3.63) is 71.8 Å². The van der Waals surface area contributed by atoms with E-state index in [2.05, 4.69) is 4.99 Å². The number of benzene rings is 2. The molecule has 4 rings (SSSR count). The highest BCUT2D eigenvalue weighted by atomic mass is 19.4. The number of aliphatic imine (C=N–C) groups is 1. The number of hydrogen-bond donors (Lipinski definition) is 1. The van der Waals surface area contributed by atoms with Gasteiger partial charge in [0.25, 0.3) is 5.91 Å². The zero-order valence-corrected chi connectivity index (χ0v) is 16.0. The van der Waals surface area contributed by atoms with Crippen LogP contribution < -0.4 is 5.32 Å². The van der Waals surface area contributed by atoms with Crippen LogP contribution in [0.1, 0.15) is 24.0 Å². The number of halogens is 3. The summed E-state index contributed by atoms with van der Waals surface area (Å²) >= 11 is 0. The average molecular weight is 415 g/mol. The van der Waals surface area contributed by atoms with E-state index in [4.69, 9.17) is 0 Å². The van der Waals surface area contributed by atoms with Crippen molar-refractivity contribution in [1.29, 1.82) is 0 Å². The number of carbonyl (C=O) groups excluding carboxylic acids is 2. The summed E-state index contributed by atoms with van der Waals surface area (Å²) in [4.78, 5) is 30.2. The van der Waals surface area contributed by atoms with Crippen molar-refractivity contribution in [2.24, 2.45) is 10.9 Å². The molecule has 1 unspecified atom stereocenters. The first kappa shape index (κ1) is 20.1. The van der Waals surface area contributed by atoms with Crippen molar-refractivity contribution in [3.63, 3.8) is 0 Å². The van der Waals surface area contributed by atoms with Gasteiger partial charge in [0.15, 0.2) is 0 Å². The van der Waals surface area contributed by atoms with Crippen LogP contribution in [0.5, 0.6) is 0 Å². The van der Waals surface area contributed by atoms with Crippen molar-refractivity contribution < 1.29 is 22.8 Å². The SMILES string of the molecule is O=C(NC1(C(F)(F)F)N=C(c2ccccc2)N(CCc2ccccc2)C1=O)C1CC1. The van der Waals surface area contributed by atoms with E-state index in [-0.39, 0.29) is 12.4 Å². The van der Waals surface area contributed by atoms with Crippen molar-refractivity contribution in [3.8, 4) is 0 Å². The molecule has 2 amide bonds. The summed E-state index contributed by atoms with van der Waals surface area (Å²) in [6.45, 7) is 0.00764. The fourth-order valence-corrected chi connectivity index (χ4v) is 3.42. The minimum absolute atomic E-state index is 0.00764. The number of amides is 2. The maximum absolute atomic E-state index is 14.2. The Balaban J connectivity index is 1.72. The molecule has 5 nitrogen and oxygen atoms in total. The summed E-state index contributed by atoms with van der Waals surface area (Å²) in [6, 6.07) is 17.4. The molecule has 1 aliphatic carbocycles. The lowest BCUT2D eigenvalue weighted by Crippen LogP contribution is -2.63. The summed E-state index contributed by atoms with van der Waals surface area (Å²) < 4.78 is 42.5. The Labute approximate surface area is 171 Å². The largest absolute Gasteiger partial charge is 0.442 e.